The topological polar surface area (TPSA) is 29.3 Å². The summed E-state index contributed by atoms with van der Waals surface area (Å²) in [6.45, 7) is 3.78. The van der Waals surface area contributed by atoms with E-state index in [1.807, 2.05) is 6.07 Å². The van der Waals surface area contributed by atoms with Gasteiger partial charge in [-0.15, -0.1) is 0 Å². The van der Waals surface area contributed by atoms with E-state index < -0.39 is 0 Å². The highest BCUT2D eigenvalue weighted by Gasteiger charge is 2.12. The van der Waals surface area contributed by atoms with Crippen LogP contribution in [-0.4, -0.2) is 20.1 Å². The summed E-state index contributed by atoms with van der Waals surface area (Å²) in [5, 5.41) is 0. The standard InChI is InChI=1S/C18H24N2/c1-3-15-9-11-18(12-10-15)20(2)14-17(13-19)16-7-5-4-6-8-16/h4-12,17H,3,13-14,19H2,1-2H3. The maximum Gasteiger partial charge on any atom is 0.0363 e. The molecule has 1 atom stereocenters. The van der Waals surface area contributed by atoms with Crippen molar-refractivity contribution in [1.82, 2.24) is 0 Å². The van der Waals surface area contributed by atoms with Gasteiger partial charge in [0, 0.05) is 31.7 Å². The molecule has 106 valence electrons. The van der Waals surface area contributed by atoms with Crippen molar-refractivity contribution < 1.29 is 0 Å². The van der Waals surface area contributed by atoms with Crippen LogP contribution in [0.25, 0.3) is 0 Å². The van der Waals surface area contributed by atoms with Crippen LogP contribution in [0, 0.1) is 0 Å². The Morgan fingerprint density at radius 3 is 2.20 bits per heavy atom. The molecule has 2 nitrogen and oxygen atoms in total. The van der Waals surface area contributed by atoms with Crippen molar-refractivity contribution >= 4 is 5.69 Å². The third kappa shape index (κ3) is 3.61. The van der Waals surface area contributed by atoms with E-state index in [-0.39, 0.29) is 0 Å². The van der Waals surface area contributed by atoms with Gasteiger partial charge in [-0.1, -0.05) is 49.4 Å². The molecule has 2 aromatic carbocycles. The fourth-order valence-electron chi connectivity index (χ4n) is 2.46. The molecule has 0 saturated carbocycles. The van der Waals surface area contributed by atoms with Gasteiger partial charge in [-0.25, -0.2) is 0 Å². The van der Waals surface area contributed by atoms with Gasteiger partial charge in [0.1, 0.15) is 0 Å². The Bertz CT molecular complexity index is 505. The number of likely N-dealkylation sites (N-methyl/N-ethyl adjacent to an activating group) is 1. The number of rotatable bonds is 6. The molecule has 0 fully saturated rings. The monoisotopic (exact) mass is 268 g/mol. The highest BCUT2D eigenvalue weighted by atomic mass is 15.1. The lowest BCUT2D eigenvalue weighted by molar-refractivity contribution is 0.681. The Balaban J connectivity index is 2.06. The minimum Gasteiger partial charge on any atom is -0.374 e. The molecule has 20 heavy (non-hydrogen) atoms. The van der Waals surface area contributed by atoms with Crippen LogP contribution in [0.1, 0.15) is 24.0 Å². The lowest BCUT2D eigenvalue weighted by atomic mass is 9.98. The molecule has 2 rings (SSSR count). The molecule has 0 spiro atoms. The van der Waals surface area contributed by atoms with Gasteiger partial charge in [0.2, 0.25) is 0 Å². The van der Waals surface area contributed by atoms with Gasteiger partial charge in [-0.05, 0) is 29.7 Å². The number of nitrogens with two attached hydrogens (primary N) is 1. The molecular formula is C18H24N2. The van der Waals surface area contributed by atoms with Gasteiger partial charge in [0.15, 0.2) is 0 Å². The Morgan fingerprint density at radius 2 is 1.65 bits per heavy atom. The van der Waals surface area contributed by atoms with Crippen molar-refractivity contribution in [2.75, 3.05) is 25.0 Å². The first-order chi connectivity index (χ1) is 9.74. The lowest BCUT2D eigenvalue weighted by Crippen LogP contribution is -2.28. The first kappa shape index (κ1) is 14.6. The number of anilines is 1. The van der Waals surface area contributed by atoms with Crippen LogP contribution in [0.15, 0.2) is 54.6 Å². The smallest absolute Gasteiger partial charge is 0.0363 e. The van der Waals surface area contributed by atoms with Gasteiger partial charge >= 0.3 is 0 Å². The van der Waals surface area contributed by atoms with Crippen LogP contribution in [0.5, 0.6) is 0 Å². The Labute approximate surface area is 122 Å². The second-order valence-corrected chi connectivity index (χ2v) is 5.24. The number of nitrogens with zero attached hydrogens (tertiary/aromatic N) is 1. The molecule has 0 aliphatic carbocycles. The minimum absolute atomic E-state index is 0.368. The van der Waals surface area contributed by atoms with Crippen LogP contribution in [0.3, 0.4) is 0 Å². The molecule has 0 bridgehead atoms. The van der Waals surface area contributed by atoms with Crippen LogP contribution in [0.2, 0.25) is 0 Å². The van der Waals surface area contributed by atoms with Crippen molar-refractivity contribution in [3.05, 3.63) is 65.7 Å². The molecule has 0 saturated heterocycles. The Kier molecular flexibility index (Phi) is 5.19. The van der Waals surface area contributed by atoms with Gasteiger partial charge in [-0.3, -0.25) is 0 Å². The van der Waals surface area contributed by atoms with Crippen molar-refractivity contribution in [2.24, 2.45) is 5.73 Å². The van der Waals surface area contributed by atoms with Crippen LogP contribution in [0.4, 0.5) is 5.69 Å². The predicted octanol–water partition coefficient (Wildman–Crippen LogP) is 3.43. The SMILES string of the molecule is CCc1ccc(N(C)CC(CN)c2ccccc2)cc1. The second kappa shape index (κ2) is 7.11. The van der Waals surface area contributed by atoms with Crippen molar-refractivity contribution in [1.29, 1.82) is 0 Å². The van der Waals surface area contributed by atoms with Gasteiger partial charge in [-0.2, -0.15) is 0 Å². The first-order valence-electron chi connectivity index (χ1n) is 7.29. The number of hydrogen-bond acceptors (Lipinski definition) is 2. The molecule has 0 aliphatic heterocycles. The van der Waals surface area contributed by atoms with Crippen LogP contribution in [-0.2, 0) is 6.42 Å². The molecular weight excluding hydrogens is 244 g/mol. The highest BCUT2D eigenvalue weighted by Crippen LogP contribution is 2.20. The fourth-order valence-corrected chi connectivity index (χ4v) is 2.46. The van der Waals surface area contributed by atoms with Crippen molar-refractivity contribution in [3.63, 3.8) is 0 Å². The molecule has 2 N–H and O–H groups in total. The summed E-state index contributed by atoms with van der Waals surface area (Å²) >= 11 is 0. The minimum atomic E-state index is 0.368. The van der Waals surface area contributed by atoms with E-state index in [4.69, 9.17) is 5.73 Å². The molecule has 1 unspecified atom stereocenters. The molecule has 0 amide bonds. The van der Waals surface area contributed by atoms with E-state index in [1.165, 1.54) is 16.8 Å². The number of hydrogen-bond donors (Lipinski definition) is 1. The van der Waals surface area contributed by atoms with Gasteiger partial charge in [0.05, 0.1) is 0 Å². The first-order valence-corrected chi connectivity index (χ1v) is 7.29. The molecule has 0 aromatic heterocycles. The van der Waals surface area contributed by atoms with E-state index in [0.717, 1.165) is 13.0 Å². The largest absolute Gasteiger partial charge is 0.374 e. The quantitative estimate of drug-likeness (QED) is 0.869. The third-order valence-electron chi connectivity index (χ3n) is 3.84. The summed E-state index contributed by atoms with van der Waals surface area (Å²) in [5.74, 6) is 0.368. The zero-order valence-electron chi connectivity index (χ0n) is 12.4. The van der Waals surface area contributed by atoms with Crippen LogP contribution >= 0.6 is 0 Å². The van der Waals surface area contributed by atoms with Crippen molar-refractivity contribution in [3.8, 4) is 0 Å². The zero-order chi connectivity index (χ0) is 14.4. The molecule has 2 heteroatoms. The maximum atomic E-state index is 5.95. The summed E-state index contributed by atoms with van der Waals surface area (Å²) in [6, 6.07) is 19.3. The van der Waals surface area contributed by atoms with E-state index in [9.17, 15) is 0 Å². The normalized spacial score (nSPS) is 12.2. The van der Waals surface area contributed by atoms with E-state index >= 15 is 0 Å². The van der Waals surface area contributed by atoms with Gasteiger partial charge < -0.3 is 10.6 Å². The predicted molar refractivity (Wildman–Crippen MR) is 87.3 cm³/mol. The average molecular weight is 268 g/mol. The van der Waals surface area contributed by atoms with E-state index in [2.05, 4.69) is 67.4 Å². The molecule has 0 heterocycles. The van der Waals surface area contributed by atoms with Gasteiger partial charge in [0.25, 0.3) is 0 Å². The summed E-state index contributed by atoms with van der Waals surface area (Å²) in [5.41, 5.74) is 9.88. The maximum absolute atomic E-state index is 5.95. The molecule has 2 aromatic rings. The Hall–Kier alpha value is -1.80. The summed E-state index contributed by atoms with van der Waals surface area (Å²) in [7, 11) is 2.13. The zero-order valence-corrected chi connectivity index (χ0v) is 12.4. The fraction of sp³-hybridized carbons (Fsp3) is 0.333. The summed E-state index contributed by atoms with van der Waals surface area (Å²) in [6.07, 6.45) is 1.08. The van der Waals surface area contributed by atoms with Crippen LogP contribution < -0.4 is 10.6 Å². The van der Waals surface area contributed by atoms with E-state index in [0.29, 0.717) is 12.5 Å². The Morgan fingerprint density at radius 1 is 1.00 bits per heavy atom. The van der Waals surface area contributed by atoms with E-state index in [1.54, 1.807) is 0 Å². The summed E-state index contributed by atoms with van der Waals surface area (Å²) in [4.78, 5) is 2.28. The lowest BCUT2D eigenvalue weighted by Gasteiger charge is -2.25. The average Bonchev–Trinajstić information content (AvgIpc) is 2.53. The second-order valence-electron chi connectivity index (χ2n) is 5.24. The summed E-state index contributed by atoms with van der Waals surface area (Å²) < 4.78 is 0. The van der Waals surface area contributed by atoms with Crippen molar-refractivity contribution in [2.45, 2.75) is 19.3 Å². The number of aryl methyl sites for hydroxylation is 1. The molecule has 0 radical (unpaired) electrons. The third-order valence-corrected chi connectivity index (χ3v) is 3.84. The molecule has 0 aliphatic rings. The number of benzene rings is 2. The highest BCUT2D eigenvalue weighted by molar-refractivity contribution is 5.47.